The molecule has 2 aromatic rings. The van der Waals surface area contributed by atoms with Gasteiger partial charge >= 0.3 is 0 Å². The Morgan fingerprint density at radius 2 is 2.08 bits per heavy atom. The molecule has 2 heterocycles. The molecule has 0 fully saturated rings. The van der Waals surface area contributed by atoms with E-state index in [1.165, 1.54) is 4.88 Å². The molecule has 0 aromatic carbocycles. The molecule has 0 bridgehead atoms. The van der Waals surface area contributed by atoms with E-state index in [0.29, 0.717) is 25.6 Å². The summed E-state index contributed by atoms with van der Waals surface area (Å²) in [6.45, 7) is 6.24. The van der Waals surface area contributed by atoms with Crippen LogP contribution in [0.1, 0.15) is 42.1 Å². The van der Waals surface area contributed by atoms with Gasteiger partial charge in [-0.2, -0.15) is 0 Å². The molecule has 0 aliphatic rings. The zero-order chi connectivity index (χ0) is 17.9. The van der Waals surface area contributed by atoms with Crippen LogP contribution >= 0.6 is 11.3 Å². The molecule has 0 atom stereocenters. The predicted octanol–water partition coefficient (Wildman–Crippen LogP) is 3.14. The van der Waals surface area contributed by atoms with Crippen molar-refractivity contribution in [2.75, 3.05) is 13.7 Å². The number of nitrogens with zero attached hydrogens (tertiary/aromatic N) is 3. The first-order chi connectivity index (χ1) is 12.3. The third-order valence-corrected chi connectivity index (χ3v) is 4.76. The quantitative estimate of drug-likeness (QED) is 0.408. The Hall–Kier alpha value is -2.15. The molecule has 0 radical (unpaired) electrons. The Morgan fingerprint density at radius 3 is 2.80 bits per heavy atom. The topological polar surface area (TPSA) is 71.4 Å². The number of hydrogen-bond donors (Lipinski definition) is 2. The van der Waals surface area contributed by atoms with Gasteiger partial charge in [-0.1, -0.05) is 26.3 Å². The van der Waals surface area contributed by atoms with Crippen molar-refractivity contribution < 1.29 is 4.74 Å². The number of thiazole rings is 1. The monoisotopic (exact) mass is 361 g/mol. The number of guanidine groups is 1. The standard InChI is InChI=1S/C18H27N5OS/c1-4-6-10-24-17-14(8-7-9-20-17)11-22-18(19-3)23-13-16-21-12-15(5-2)25-16/h7-9,12H,4-6,10-11,13H2,1-3H3,(H2,19,22,23). The Morgan fingerprint density at radius 1 is 1.24 bits per heavy atom. The largest absolute Gasteiger partial charge is 0.477 e. The van der Waals surface area contributed by atoms with Gasteiger partial charge in [0.1, 0.15) is 5.01 Å². The SMILES string of the molecule is CCCCOc1ncccc1CNC(=NC)NCc1ncc(CC)s1. The number of ether oxygens (including phenoxy) is 1. The highest BCUT2D eigenvalue weighted by Gasteiger charge is 2.07. The van der Waals surface area contributed by atoms with Crippen molar-refractivity contribution >= 4 is 17.3 Å². The van der Waals surface area contributed by atoms with Crippen LogP contribution in [0.25, 0.3) is 0 Å². The van der Waals surface area contributed by atoms with Crippen LogP contribution in [0.2, 0.25) is 0 Å². The van der Waals surface area contributed by atoms with E-state index >= 15 is 0 Å². The zero-order valence-corrected chi connectivity index (χ0v) is 16.0. The predicted molar refractivity (Wildman–Crippen MR) is 103 cm³/mol. The second-order valence-corrected chi connectivity index (χ2v) is 6.72. The normalized spacial score (nSPS) is 11.4. The summed E-state index contributed by atoms with van der Waals surface area (Å²) in [5.74, 6) is 1.42. The van der Waals surface area contributed by atoms with Crippen LogP contribution in [0, 0.1) is 0 Å². The average molecular weight is 362 g/mol. The second-order valence-electron chi connectivity index (χ2n) is 5.52. The highest BCUT2D eigenvalue weighted by atomic mass is 32.1. The summed E-state index contributed by atoms with van der Waals surface area (Å²) in [5.41, 5.74) is 1.02. The van der Waals surface area contributed by atoms with Gasteiger partial charge in [-0.25, -0.2) is 9.97 Å². The van der Waals surface area contributed by atoms with Crippen LogP contribution in [0.4, 0.5) is 0 Å². The first-order valence-corrected chi connectivity index (χ1v) is 9.53. The van der Waals surface area contributed by atoms with E-state index in [1.807, 2.05) is 18.3 Å². The third kappa shape index (κ3) is 6.34. The average Bonchev–Trinajstić information content (AvgIpc) is 3.11. The van der Waals surface area contributed by atoms with E-state index in [0.717, 1.165) is 35.8 Å². The van der Waals surface area contributed by atoms with Gasteiger partial charge in [0.15, 0.2) is 5.96 Å². The minimum Gasteiger partial charge on any atom is -0.477 e. The molecule has 2 rings (SSSR count). The Bertz CT molecular complexity index is 671. The van der Waals surface area contributed by atoms with Gasteiger partial charge in [0.05, 0.1) is 13.2 Å². The maximum atomic E-state index is 5.77. The smallest absolute Gasteiger partial charge is 0.218 e. The van der Waals surface area contributed by atoms with Gasteiger partial charge in [-0.05, 0) is 18.9 Å². The lowest BCUT2D eigenvalue weighted by molar-refractivity contribution is 0.294. The van der Waals surface area contributed by atoms with E-state index < -0.39 is 0 Å². The molecule has 7 heteroatoms. The third-order valence-electron chi connectivity index (χ3n) is 3.61. The Kier molecular flexibility index (Phi) is 8.18. The Labute approximate surface area is 153 Å². The van der Waals surface area contributed by atoms with Gasteiger partial charge in [0.25, 0.3) is 0 Å². The molecule has 0 aliphatic heterocycles. The lowest BCUT2D eigenvalue weighted by atomic mass is 10.2. The molecule has 6 nitrogen and oxygen atoms in total. The van der Waals surface area contributed by atoms with Gasteiger partial charge in [-0.3, -0.25) is 4.99 Å². The first kappa shape index (κ1) is 19.2. The van der Waals surface area contributed by atoms with Gasteiger partial charge < -0.3 is 15.4 Å². The van der Waals surface area contributed by atoms with Gasteiger partial charge in [-0.15, -0.1) is 11.3 Å². The number of unbranched alkanes of at least 4 members (excludes halogenated alkanes) is 1. The lowest BCUT2D eigenvalue weighted by Crippen LogP contribution is -2.36. The van der Waals surface area contributed by atoms with Crippen molar-refractivity contribution in [3.05, 3.63) is 40.0 Å². The maximum absolute atomic E-state index is 5.77. The van der Waals surface area contributed by atoms with Crippen LogP contribution < -0.4 is 15.4 Å². The van der Waals surface area contributed by atoms with E-state index in [-0.39, 0.29) is 0 Å². The van der Waals surface area contributed by atoms with E-state index in [2.05, 4.69) is 39.4 Å². The Balaban J connectivity index is 1.85. The molecule has 136 valence electrons. The van der Waals surface area contributed by atoms with E-state index in [1.54, 1.807) is 24.6 Å². The molecule has 0 unspecified atom stereocenters. The molecule has 25 heavy (non-hydrogen) atoms. The van der Waals surface area contributed by atoms with Gasteiger partial charge in [0.2, 0.25) is 5.88 Å². The zero-order valence-electron chi connectivity index (χ0n) is 15.2. The van der Waals surface area contributed by atoms with Crippen molar-refractivity contribution in [1.82, 2.24) is 20.6 Å². The van der Waals surface area contributed by atoms with Crippen molar-refractivity contribution in [2.24, 2.45) is 4.99 Å². The molecule has 0 saturated carbocycles. The molecule has 0 saturated heterocycles. The number of pyridine rings is 1. The summed E-state index contributed by atoms with van der Waals surface area (Å²) >= 11 is 1.73. The fraction of sp³-hybridized carbons (Fsp3) is 0.500. The minimum absolute atomic E-state index is 0.604. The van der Waals surface area contributed by atoms with E-state index in [4.69, 9.17) is 4.74 Å². The molecule has 0 amide bonds. The van der Waals surface area contributed by atoms with Gasteiger partial charge in [0, 0.05) is 36.4 Å². The summed E-state index contributed by atoms with van der Waals surface area (Å²) in [6.07, 6.45) is 6.85. The fourth-order valence-electron chi connectivity index (χ4n) is 2.15. The van der Waals surface area contributed by atoms with E-state index in [9.17, 15) is 0 Å². The summed E-state index contributed by atoms with van der Waals surface area (Å²) in [6, 6.07) is 3.94. The summed E-state index contributed by atoms with van der Waals surface area (Å²) in [7, 11) is 1.76. The van der Waals surface area contributed by atoms with Crippen LogP contribution in [0.5, 0.6) is 5.88 Å². The van der Waals surface area contributed by atoms with Crippen molar-refractivity contribution in [3.8, 4) is 5.88 Å². The number of aromatic nitrogens is 2. The molecular weight excluding hydrogens is 334 g/mol. The molecule has 2 N–H and O–H groups in total. The van der Waals surface area contributed by atoms with Crippen LogP contribution in [0.15, 0.2) is 29.5 Å². The number of rotatable bonds is 9. The number of aliphatic imine (C=N–C) groups is 1. The lowest BCUT2D eigenvalue weighted by Gasteiger charge is -2.13. The molecule has 0 spiro atoms. The molecule has 0 aliphatic carbocycles. The highest BCUT2D eigenvalue weighted by molar-refractivity contribution is 7.11. The number of hydrogen-bond acceptors (Lipinski definition) is 5. The summed E-state index contributed by atoms with van der Waals surface area (Å²) in [4.78, 5) is 14.3. The number of aryl methyl sites for hydroxylation is 1. The van der Waals surface area contributed by atoms with Crippen LogP contribution in [-0.4, -0.2) is 29.6 Å². The van der Waals surface area contributed by atoms with Crippen molar-refractivity contribution in [1.29, 1.82) is 0 Å². The number of nitrogens with one attached hydrogen (secondary N) is 2. The maximum Gasteiger partial charge on any atom is 0.218 e. The minimum atomic E-state index is 0.604. The first-order valence-electron chi connectivity index (χ1n) is 8.71. The highest BCUT2D eigenvalue weighted by Crippen LogP contribution is 2.15. The molecule has 2 aromatic heterocycles. The summed E-state index contributed by atoms with van der Waals surface area (Å²) < 4.78 is 5.77. The molecular formula is C18H27N5OS. The summed E-state index contributed by atoms with van der Waals surface area (Å²) in [5, 5.41) is 7.65. The van der Waals surface area contributed by atoms with Crippen LogP contribution in [-0.2, 0) is 19.5 Å². The second kappa shape index (κ2) is 10.7. The van der Waals surface area contributed by atoms with Crippen molar-refractivity contribution in [2.45, 2.75) is 46.2 Å². The fourth-order valence-corrected chi connectivity index (χ4v) is 2.96. The van der Waals surface area contributed by atoms with Crippen molar-refractivity contribution in [3.63, 3.8) is 0 Å². The van der Waals surface area contributed by atoms with Crippen LogP contribution in [0.3, 0.4) is 0 Å².